The van der Waals surface area contributed by atoms with E-state index in [0.29, 0.717) is 17.4 Å². The fourth-order valence-electron chi connectivity index (χ4n) is 2.03. The summed E-state index contributed by atoms with van der Waals surface area (Å²) in [5.41, 5.74) is 3.39. The summed E-state index contributed by atoms with van der Waals surface area (Å²) in [6.07, 6.45) is 0.469. The van der Waals surface area contributed by atoms with Gasteiger partial charge in [0.2, 0.25) is 5.13 Å². The number of nitro benzene ring substituents is 1. The van der Waals surface area contributed by atoms with Gasteiger partial charge in [0.05, 0.1) is 15.1 Å². The number of azo groups is 1. The molecular formula is C16H14N6O3S. The van der Waals surface area contributed by atoms with Crippen LogP contribution in [0.4, 0.5) is 16.5 Å². The zero-order chi connectivity index (χ0) is 18.5. The smallest absolute Gasteiger partial charge is 0.271 e. The van der Waals surface area contributed by atoms with Crippen LogP contribution in [0.15, 0.2) is 57.8 Å². The van der Waals surface area contributed by atoms with E-state index in [-0.39, 0.29) is 17.1 Å². The van der Waals surface area contributed by atoms with Crippen molar-refractivity contribution >= 4 is 43.9 Å². The Morgan fingerprint density at radius 1 is 1.35 bits per heavy atom. The number of hydrogen-bond acceptors (Lipinski definition) is 8. The van der Waals surface area contributed by atoms with E-state index in [4.69, 9.17) is 0 Å². The summed E-state index contributed by atoms with van der Waals surface area (Å²) < 4.78 is 1.01. The number of nitro groups is 1. The van der Waals surface area contributed by atoms with Gasteiger partial charge < -0.3 is 5.11 Å². The highest BCUT2D eigenvalue weighted by Gasteiger charge is 2.10. The summed E-state index contributed by atoms with van der Waals surface area (Å²) in [5, 5.41) is 33.3. The first-order valence-electron chi connectivity index (χ1n) is 7.64. The molecule has 26 heavy (non-hydrogen) atoms. The first-order valence-corrected chi connectivity index (χ1v) is 8.45. The average molecular weight is 370 g/mol. The molecule has 0 aliphatic rings. The zero-order valence-corrected chi connectivity index (χ0v) is 14.5. The molecule has 0 saturated heterocycles. The number of non-ortho nitro benzene ring substituents is 1. The number of aromatic nitrogens is 1. The maximum Gasteiger partial charge on any atom is 0.271 e. The van der Waals surface area contributed by atoms with Crippen LogP contribution in [0, 0.1) is 10.1 Å². The van der Waals surface area contributed by atoms with Crippen LogP contribution in [0.1, 0.15) is 13.3 Å². The predicted octanol–water partition coefficient (Wildman–Crippen LogP) is 4.83. The number of aromatic hydroxyl groups is 1. The molecular weight excluding hydrogens is 356 g/mol. The van der Waals surface area contributed by atoms with Gasteiger partial charge >= 0.3 is 0 Å². The van der Waals surface area contributed by atoms with Crippen molar-refractivity contribution in [2.45, 2.75) is 13.3 Å². The van der Waals surface area contributed by atoms with E-state index < -0.39 is 4.92 Å². The van der Waals surface area contributed by atoms with E-state index in [1.807, 2.05) is 31.2 Å². The Labute approximate surface area is 151 Å². The highest BCUT2D eigenvalue weighted by Crippen LogP contribution is 2.29. The zero-order valence-electron chi connectivity index (χ0n) is 13.7. The lowest BCUT2D eigenvalue weighted by molar-refractivity contribution is -0.384. The fourth-order valence-corrected chi connectivity index (χ4v) is 2.81. The first kappa shape index (κ1) is 17.4. The minimum absolute atomic E-state index is 0.111. The Morgan fingerprint density at radius 3 is 2.88 bits per heavy atom. The number of amidine groups is 1. The van der Waals surface area contributed by atoms with Crippen LogP contribution in [0.3, 0.4) is 0 Å². The number of phenols is 1. The van der Waals surface area contributed by atoms with Crippen LogP contribution in [-0.4, -0.2) is 20.8 Å². The molecule has 132 valence electrons. The molecule has 0 bridgehead atoms. The van der Waals surface area contributed by atoms with Crippen LogP contribution >= 0.6 is 11.3 Å². The Kier molecular flexibility index (Phi) is 5.13. The molecule has 9 nitrogen and oxygen atoms in total. The van der Waals surface area contributed by atoms with E-state index in [0.717, 1.165) is 10.2 Å². The predicted molar refractivity (Wildman–Crippen MR) is 100 cm³/mol. The number of hydrazone groups is 1. The number of hydrogen-bond donors (Lipinski definition) is 2. The summed E-state index contributed by atoms with van der Waals surface area (Å²) in [5.74, 6) is 0.202. The minimum atomic E-state index is -0.554. The van der Waals surface area contributed by atoms with Crippen molar-refractivity contribution in [3.8, 4) is 5.75 Å². The third-order valence-corrected chi connectivity index (χ3v) is 4.27. The number of nitrogens with zero attached hydrogens (tertiary/aromatic N) is 5. The Bertz CT molecular complexity index is 981. The first-order chi connectivity index (χ1) is 12.6. The van der Waals surface area contributed by atoms with Gasteiger partial charge in [-0.1, -0.05) is 30.4 Å². The second-order valence-electron chi connectivity index (χ2n) is 5.12. The van der Waals surface area contributed by atoms with Gasteiger partial charge in [-0.3, -0.25) is 15.5 Å². The molecule has 0 aliphatic heterocycles. The average Bonchev–Trinajstić information content (AvgIpc) is 3.05. The number of benzene rings is 2. The molecule has 0 radical (unpaired) electrons. The van der Waals surface area contributed by atoms with Gasteiger partial charge in [-0.25, -0.2) is 4.98 Å². The monoisotopic (exact) mass is 370 g/mol. The molecule has 1 aromatic heterocycles. The Balaban J connectivity index is 1.78. The van der Waals surface area contributed by atoms with Gasteiger partial charge in [0, 0.05) is 18.6 Å². The van der Waals surface area contributed by atoms with Crippen molar-refractivity contribution in [2.24, 2.45) is 15.3 Å². The molecule has 0 unspecified atom stereocenters. The molecule has 0 spiro atoms. The van der Waals surface area contributed by atoms with Crippen molar-refractivity contribution < 1.29 is 10.0 Å². The van der Waals surface area contributed by atoms with Crippen molar-refractivity contribution in [1.29, 1.82) is 0 Å². The summed E-state index contributed by atoms with van der Waals surface area (Å²) in [6, 6.07) is 11.3. The second kappa shape index (κ2) is 7.66. The Morgan fingerprint density at radius 2 is 2.15 bits per heavy atom. The van der Waals surface area contributed by atoms with Crippen molar-refractivity contribution in [2.75, 3.05) is 5.43 Å². The van der Waals surface area contributed by atoms with E-state index in [2.05, 4.69) is 25.7 Å². The highest BCUT2D eigenvalue weighted by atomic mass is 32.1. The topological polar surface area (TPSA) is 125 Å². The van der Waals surface area contributed by atoms with Gasteiger partial charge in [-0.05, 0) is 18.2 Å². The Hall–Kier alpha value is -3.40. The molecule has 2 N–H and O–H groups in total. The molecule has 1 heterocycles. The summed E-state index contributed by atoms with van der Waals surface area (Å²) in [7, 11) is 0. The number of fused-ring (bicyclic) bond motifs is 1. The number of para-hydroxylation sites is 1. The summed E-state index contributed by atoms with van der Waals surface area (Å²) in [4.78, 5) is 14.6. The molecule has 3 rings (SSSR count). The molecule has 0 aliphatic carbocycles. The molecule has 3 aromatic rings. The third-order valence-electron chi connectivity index (χ3n) is 3.35. The molecule has 0 amide bonds. The fraction of sp³-hybridized carbons (Fsp3) is 0.125. The standard InChI is InChI=1S/C16H14N6O3S/c1-2-15(19-18-12-9-10(22(24)25)7-8-13(12)23)20-21-16-17-11-5-3-4-6-14(11)26-16/h3-9,18,23H,2H2,1H3/b19-15-,21-20?. The lowest BCUT2D eigenvalue weighted by Crippen LogP contribution is -1.98. The number of anilines is 1. The number of rotatable bonds is 5. The van der Waals surface area contributed by atoms with Crippen LogP contribution in [0.2, 0.25) is 0 Å². The molecule has 10 heteroatoms. The number of phenolic OH excluding ortho intramolecular Hbond substituents is 1. The van der Waals surface area contributed by atoms with Gasteiger partial charge in [0.25, 0.3) is 5.69 Å². The van der Waals surface area contributed by atoms with E-state index >= 15 is 0 Å². The highest BCUT2D eigenvalue weighted by molar-refractivity contribution is 7.21. The van der Waals surface area contributed by atoms with Crippen LogP contribution in [0.5, 0.6) is 5.75 Å². The van der Waals surface area contributed by atoms with Gasteiger partial charge in [0.15, 0.2) is 5.84 Å². The largest absolute Gasteiger partial charge is 0.506 e. The van der Waals surface area contributed by atoms with Crippen molar-refractivity contribution in [3.05, 3.63) is 52.6 Å². The SMILES string of the molecule is CC/C(N=Nc1nc2ccccc2s1)=N/Nc1cc([N+](=O)[O-])ccc1O. The van der Waals surface area contributed by atoms with Gasteiger partial charge in [-0.15, -0.1) is 10.2 Å². The van der Waals surface area contributed by atoms with E-state index in [1.165, 1.54) is 29.5 Å². The van der Waals surface area contributed by atoms with Crippen LogP contribution in [0.25, 0.3) is 10.2 Å². The molecule has 2 aromatic carbocycles. The lowest BCUT2D eigenvalue weighted by Gasteiger charge is -2.04. The quantitative estimate of drug-likeness (QED) is 0.166. The number of nitrogens with one attached hydrogen (secondary N) is 1. The van der Waals surface area contributed by atoms with E-state index in [1.54, 1.807) is 0 Å². The molecule has 0 fully saturated rings. The van der Waals surface area contributed by atoms with Gasteiger partial charge in [-0.2, -0.15) is 5.10 Å². The summed E-state index contributed by atoms with van der Waals surface area (Å²) in [6.45, 7) is 1.84. The second-order valence-corrected chi connectivity index (χ2v) is 6.13. The van der Waals surface area contributed by atoms with E-state index in [9.17, 15) is 15.2 Å². The molecule has 0 atom stereocenters. The van der Waals surface area contributed by atoms with Crippen molar-refractivity contribution in [3.63, 3.8) is 0 Å². The maximum absolute atomic E-state index is 10.8. The summed E-state index contributed by atoms with van der Waals surface area (Å²) >= 11 is 1.41. The van der Waals surface area contributed by atoms with Crippen LogP contribution < -0.4 is 5.43 Å². The normalized spacial score (nSPS) is 12.0. The molecule has 0 saturated carbocycles. The number of thiazole rings is 1. The lowest BCUT2D eigenvalue weighted by atomic mass is 10.2. The third kappa shape index (κ3) is 3.98. The van der Waals surface area contributed by atoms with Crippen LogP contribution in [-0.2, 0) is 0 Å². The minimum Gasteiger partial charge on any atom is -0.506 e. The maximum atomic E-state index is 10.8. The van der Waals surface area contributed by atoms with Crippen molar-refractivity contribution in [1.82, 2.24) is 4.98 Å². The van der Waals surface area contributed by atoms with Gasteiger partial charge in [0.1, 0.15) is 11.4 Å².